The fourth-order valence-electron chi connectivity index (χ4n) is 0.155. The number of hydrogen-bond acceptors (Lipinski definition) is 5. The third kappa shape index (κ3) is 3.80. The zero-order valence-electron chi connectivity index (χ0n) is 4.80. The molecular formula is C3H7N3O2S. The molecule has 0 atom stereocenters. The maximum atomic E-state index is 10.2. The molecule has 9 heavy (non-hydrogen) atoms. The van der Waals surface area contributed by atoms with Gasteiger partial charge in [-0.2, -0.15) is 0 Å². The van der Waals surface area contributed by atoms with Gasteiger partial charge < -0.3 is 4.74 Å². The van der Waals surface area contributed by atoms with Crippen LogP contribution in [0.3, 0.4) is 0 Å². The van der Waals surface area contributed by atoms with Gasteiger partial charge in [0, 0.05) is 0 Å². The smallest absolute Gasteiger partial charge is 0.385 e. The first-order valence-corrected chi connectivity index (χ1v) is 3.24. The van der Waals surface area contributed by atoms with Crippen molar-refractivity contribution in [3.05, 3.63) is 0 Å². The molecule has 4 N–H and O–H groups in total. The van der Waals surface area contributed by atoms with E-state index in [0.717, 1.165) is 11.8 Å². The van der Waals surface area contributed by atoms with E-state index in [0.29, 0.717) is 0 Å². The van der Waals surface area contributed by atoms with Crippen LogP contribution in [0.1, 0.15) is 0 Å². The van der Waals surface area contributed by atoms with Crippen LogP contribution in [0.4, 0.5) is 4.79 Å². The molecule has 52 valence electrons. The molecule has 0 saturated heterocycles. The first-order valence-electron chi connectivity index (χ1n) is 2.01. The van der Waals surface area contributed by atoms with Crippen LogP contribution in [0.15, 0.2) is 0 Å². The lowest BCUT2D eigenvalue weighted by molar-refractivity contribution is 0.199. The number of rotatable bonds is 0. The third-order valence-corrected chi connectivity index (χ3v) is 0.943. The molecule has 0 heterocycles. The Balaban J connectivity index is 3.47. The summed E-state index contributed by atoms with van der Waals surface area (Å²) in [7, 11) is 0. The summed E-state index contributed by atoms with van der Waals surface area (Å²) < 4.78 is 4.22. The topological polar surface area (TPSA) is 88.2 Å². The molecule has 0 aliphatic heterocycles. The number of ether oxygens (including phenoxy) is 1. The highest BCUT2D eigenvalue weighted by Gasteiger charge is 2.00. The summed E-state index contributed by atoms with van der Waals surface area (Å²) in [4.78, 5) is 10.2. The fraction of sp³-hybridized carbons (Fsp3) is 0.333. The van der Waals surface area contributed by atoms with Gasteiger partial charge in [-0.25, -0.2) is 10.6 Å². The van der Waals surface area contributed by atoms with Crippen LogP contribution >= 0.6 is 11.8 Å². The van der Waals surface area contributed by atoms with Crippen molar-refractivity contribution in [2.45, 2.75) is 0 Å². The molecule has 0 saturated carbocycles. The van der Waals surface area contributed by atoms with E-state index in [1.165, 1.54) is 0 Å². The monoisotopic (exact) mass is 149 g/mol. The van der Waals surface area contributed by atoms with E-state index >= 15 is 0 Å². The molecule has 0 spiro atoms. The van der Waals surface area contributed by atoms with Gasteiger partial charge in [0.05, 0.1) is 0 Å². The molecule has 0 rings (SSSR count). The van der Waals surface area contributed by atoms with Gasteiger partial charge in [0.25, 0.3) is 5.23 Å². The van der Waals surface area contributed by atoms with Gasteiger partial charge in [-0.05, 0) is 6.26 Å². The zero-order chi connectivity index (χ0) is 7.28. The van der Waals surface area contributed by atoms with Crippen molar-refractivity contribution in [1.82, 2.24) is 5.43 Å². The first kappa shape index (κ1) is 8.25. The quantitative estimate of drug-likeness (QED) is 0.147. The Kier molecular flexibility index (Phi) is 3.81. The predicted octanol–water partition coefficient (Wildman–Crippen LogP) is -0.116. The molecule has 0 aromatic rings. The van der Waals surface area contributed by atoms with E-state index in [1.807, 2.05) is 0 Å². The minimum absolute atomic E-state index is 0.182. The highest BCUT2D eigenvalue weighted by Crippen LogP contribution is 1.95. The normalized spacial score (nSPS) is 8.22. The highest BCUT2D eigenvalue weighted by molar-refractivity contribution is 8.12. The number of amides is 1. The molecule has 0 aromatic heterocycles. The lowest BCUT2D eigenvalue weighted by atomic mass is 11.2. The van der Waals surface area contributed by atoms with Gasteiger partial charge in [0.2, 0.25) is 0 Å². The number of nitrogens with one attached hydrogen (secondary N) is 2. The second-order valence-corrected chi connectivity index (χ2v) is 1.80. The highest BCUT2D eigenvalue weighted by atomic mass is 32.2. The van der Waals surface area contributed by atoms with Gasteiger partial charge >= 0.3 is 6.09 Å². The summed E-state index contributed by atoms with van der Waals surface area (Å²) in [5.74, 6) is 4.64. The van der Waals surface area contributed by atoms with Crippen molar-refractivity contribution < 1.29 is 9.53 Å². The largest absolute Gasteiger partial charge is 0.428 e. The molecule has 0 bridgehead atoms. The first-order chi connectivity index (χ1) is 4.20. The van der Waals surface area contributed by atoms with Crippen molar-refractivity contribution >= 4 is 23.1 Å². The van der Waals surface area contributed by atoms with Gasteiger partial charge in [0.15, 0.2) is 0 Å². The van der Waals surface area contributed by atoms with Crippen molar-refractivity contribution in [3.8, 4) is 0 Å². The summed E-state index contributed by atoms with van der Waals surface area (Å²) in [5, 5.41) is 6.61. The van der Waals surface area contributed by atoms with Crippen molar-refractivity contribution in [1.29, 1.82) is 5.41 Å². The van der Waals surface area contributed by atoms with E-state index in [9.17, 15) is 4.79 Å². The van der Waals surface area contributed by atoms with Crippen molar-refractivity contribution in [3.63, 3.8) is 0 Å². The standard InChI is InChI=1S/C3H7N3O2S/c1-9-2(4)8-3(7)6-5/h4H,5H2,1H3,(H,6,7). The van der Waals surface area contributed by atoms with Crippen LogP contribution in [0, 0.1) is 5.41 Å². The molecule has 0 unspecified atom stereocenters. The number of hydrazine groups is 1. The van der Waals surface area contributed by atoms with E-state index in [2.05, 4.69) is 10.6 Å². The van der Waals surface area contributed by atoms with Crippen LogP contribution in [-0.2, 0) is 4.74 Å². The van der Waals surface area contributed by atoms with E-state index < -0.39 is 6.09 Å². The summed E-state index contributed by atoms with van der Waals surface area (Å²) in [6, 6.07) is 0. The number of nitrogens with two attached hydrogens (primary N) is 1. The molecule has 0 aliphatic carbocycles. The van der Waals surface area contributed by atoms with E-state index in [1.54, 1.807) is 11.7 Å². The minimum atomic E-state index is -0.825. The van der Waals surface area contributed by atoms with Crippen LogP contribution < -0.4 is 11.3 Å². The third-order valence-electron chi connectivity index (χ3n) is 0.489. The number of carbonyl (C=O) groups is 1. The summed E-state index contributed by atoms with van der Waals surface area (Å²) in [6.07, 6.45) is 0.793. The number of carbonyl (C=O) groups excluding carboxylic acids is 1. The minimum Gasteiger partial charge on any atom is -0.385 e. The van der Waals surface area contributed by atoms with Crippen LogP contribution in [-0.4, -0.2) is 17.6 Å². The lowest BCUT2D eigenvalue weighted by Crippen LogP contribution is -2.31. The molecule has 1 amide bonds. The van der Waals surface area contributed by atoms with Crippen molar-refractivity contribution in [2.24, 2.45) is 5.84 Å². The van der Waals surface area contributed by atoms with E-state index in [4.69, 9.17) is 5.41 Å². The van der Waals surface area contributed by atoms with E-state index in [-0.39, 0.29) is 5.23 Å². The summed E-state index contributed by atoms with van der Waals surface area (Å²) in [5.41, 5.74) is 1.71. The van der Waals surface area contributed by atoms with Crippen molar-refractivity contribution in [2.75, 3.05) is 6.26 Å². The number of hydrogen-bond donors (Lipinski definition) is 3. The maximum absolute atomic E-state index is 10.2. The summed E-state index contributed by atoms with van der Waals surface area (Å²) >= 11 is 1.01. The predicted molar refractivity (Wildman–Crippen MR) is 35.0 cm³/mol. The Morgan fingerprint density at radius 1 is 1.89 bits per heavy atom. The average molecular weight is 149 g/mol. The van der Waals surface area contributed by atoms with Gasteiger partial charge in [-0.3, -0.25) is 10.8 Å². The Morgan fingerprint density at radius 3 is 2.78 bits per heavy atom. The van der Waals surface area contributed by atoms with Crippen LogP contribution in [0.2, 0.25) is 0 Å². The molecule has 5 nitrogen and oxygen atoms in total. The molecule has 0 aliphatic rings. The van der Waals surface area contributed by atoms with Gasteiger partial charge in [-0.15, -0.1) is 0 Å². The second-order valence-electron chi connectivity index (χ2n) is 1.03. The Bertz CT molecular complexity index is 112. The average Bonchev–Trinajstić information content (AvgIpc) is 1.87. The molecule has 0 fully saturated rings. The van der Waals surface area contributed by atoms with Crippen LogP contribution in [0.5, 0.6) is 0 Å². The Labute approximate surface area is 56.4 Å². The maximum Gasteiger partial charge on any atom is 0.428 e. The lowest BCUT2D eigenvalue weighted by Gasteiger charge is -1.98. The summed E-state index contributed by atoms with van der Waals surface area (Å²) in [6.45, 7) is 0. The molecule has 6 heteroatoms. The fourth-order valence-corrected chi connectivity index (χ4v) is 0.314. The zero-order valence-corrected chi connectivity index (χ0v) is 5.62. The number of thioether (sulfide) groups is 1. The molecule has 0 radical (unpaired) electrons. The SMILES string of the molecule is CSC(=N)OC(=O)NN. The van der Waals surface area contributed by atoms with Crippen LogP contribution in [0.25, 0.3) is 0 Å². The molecule has 0 aromatic carbocycles. The second kappa shape index (κ2) is 4.16. The van der Waals surface area contributed by atoms with Gasteiger partial charge in [0.1, 0.15) is 0 Å². The van der Waals surface area contributed by atoms with Gasteiger partial charge in [-0.1, -0.05) is 11.8 Å². The Morgan fingerprint density at radius 2 is 2.44 bits per heavy atom. The molecular weight excluding hydrogens is 142 g/mol. The Hall–Kier alpha value is -0.750.